The van der Waals surface area contributed by atoms with Crippen molar-refractivity contribution in [3.8, 4) is 0 Å². The van der Waals surface area contributed by atoms with Crippen LogP contribution in [0.3, 0.4) is 0 Å². The largest absolute Gasteiger partial charge is 0.444 e. The van der Waals surface area contributed by atoms with Crippen LogP contribution in [0.15, 0.2) is 0 Å². The van der Waals surface area contributed by atoms with E-state index in [0.29, 0.717) is 52.1 Å². The minimum absolute atomic E-state index is 0.173. The van der Waals surface area contributed by atoms with Crippen LogP contribution in [0.2, 0.25) is 0 Å². The Morgan fingerprint density at radius 2 is 1.08 bits per heavy atom. The number of alkyl carbamates (subject to hydrolysis) is 3. The highest BCUT2D eigenvalue weighted by atomic mass is 16.6. The molecular weight excluding hydrogens is 684 g/mol. The summed E-state index contributed by atoms with van der Waals surface area (Å²) in [5.41, 5.74) is 2.52. The van der Waals surface area contributed by atoms with E-state index >= 15 is 0 Å². The van der Waals surface area contributed by atoms with Crippen LogP contribution in [0.5, 0.6) is 0 Å². The highest BCUT2D eigenvalue weighted by Gasteiger charge is 2.48. The predicted octanol–water partition coefficient (Wildman–Crippen LogP) is 0.339. The first-order valence-electron chi connectivity index (χ1n) is 17.9. The molecular formula is C33H58N8O11. The van der Waals surface area contributed by atoms with Gasteiger partial charge in [0.15, 0.2) is 5.60 Å². The molecule has 7 saturated heterocycles. The number of hydrogen-bond donors (Lipinski definition) is 7. The number of β-amino-alcohol motifs (C(OH)–C–C–N with tert-alkyl or cyclic N) is 1. The van der Waals surface area contributed by atoms with Crippen molar-refractivity contribution in [2.45, 2.75) is 101 Å². The number of nitrogens with two attached hydrogens (primary N) is 1. The van der Waals surface area contributed by atoms with Gasteiger partial charge in [0.2, 0.25) is 0 Å². The van der Waals surface area contributed by atoms with Crippen LogP contribution in [0.25, 0.3) is 0 Å². The number of hydrogen-bond acceptors (Lipinski definition) is 14. The average Bonchev–Trinajstić information content (AvgIpc) is 3.90. The zero-order valence-corrected chi connectivity index (χ0v) is 31.3. The molecule has 7 fully saturated rings. The number of nitrogens with zero attached hydrogens (tertiary/aromatic N) is 2. The topological polar surface area (TPSA) is 244 Å². The molecule has 296 valence electrons. The van der Waals surface area contributed by atoms with E-state index in [4.69, 9.17) is 29.4 Å². The van der Waals surface area contributed by atoms with Crippen molar-refractivity contribution >= 4 is 30.5 Å². The van der Waals surface area contributed by atoms with Gasteiger partial charge < -0.3 is 70.9 Å². The van der Waals surface area contributed by atoms with Gasteiger partial charge in [-0.05, 0) is 61.1 Å². The number of rotatable bonds is 1. The summed E-state index contributed by atoms with van der Waals surface area (Å²) in [6.45, 7) is 18.1. The monoisotopic (exact) mass is 742 g/mol. The van der Waals surface area contributed by atoms with Gasteiger partial charge in [0.25, 0.3) is 0 Å². The third-order valence-corrected chi connectivity index (χ3v) is 9.33. The molecule has 0 saturated carbocycles. The fraction of sp³-hybridized carbons (Fsp3) is 0.848. The summed E-state index contributed by atoms with van der Waals surface area (Å²) in [6.07, 6.45) is 1.36. The molecule has 7 heterocycles. The number of ether oxygens (including phenoxy) is 5. The van der Waals surface area contributed by atoms with E-state index in [1.165, 1.54) is 4.90 Å². The van der Waals surface area contributed by atoms with Crippen molar-refractivity contribution < 1.29 is 52.8 Å². The molecule has 19 nitrogen and oxygen atoms in total. The van der Waals surface area contributed by atoms with Crippen LogP contribution in [0.4, 0.5) is 24.0 Å². The molecule has 0 aromatic heterocycles. The third-order valence-electron chi connectivity index (χ3n) is 9.33. The Hall–Kier alpha value is -3.81. The van der Waals surface area contributed by atoms with Gasteiger partial charge in [-0.25, -0.2) is 24.0 Å². The van der Waals surface area contributed by atoms with Gasteiger partial charge >= 0.3 is 30.5 Å². The normalized spacial score (nSPS) is 31.7. The Morgan fingerprint density at radius 1 is 0.673 bits per heavy atom. The summed E-state index contributed by atoms with van der Waals surface area (Å²) < 4.78 is 25.9. The molecule has 52 heavy (non-hydrogen) atoms. The molecule has 7 rings (SSSR count). The van der Waals surface area contributed by atoms with Crippen LogP contribution >= 0.6 is 0 Å². The number of aliphatic hydroxyl groups is 1. The lowest BCUT2D eigenvalue weighted by Gasteiger charge is -2.25. The van der Waals surface area contributed by atoms with Gasteiger partial charge in [0.1, 0.15) is 22.4 Å². The lowest BCUT2D eigenvalue weighted by molar-refractivity contribution is 0.0174. The molecule has 3 spiro atoms. The third kappa shape index (κ3) is 11.6. The van der Waals surface area contributed by atoms with Crippen LogP contribution in [0, 0.1) is 0 Å². The summed E-state index contributed by atoms with van der Waals surface area (Å²) >= 11 is 0. The number of nitrogens with one attached hydrogen (secondary N) is 5. The number of likely N-dealkylation sites (tertiary alicyclic amines) is 2. The Bertz CT molecular complexity index is 1270. The maximum atomic E-state index is 11.8. The molecule has 7 aliphatic rings. The highest BCUT2D eigenvalue weighted by Crippen LogP contribution is 2.29. The minimum atomic E-state index is -0.934. The molecule has 4 atom stereocenters. The second-order valence-electron chi connectivity index (χ2n) is 16.4. The van der Waals surface area contributed by atoms with Gasteiger partial charge in [-0.2, -0.15) is 0 Å². The lowest BCUT2D eigenvalue weighted by atomic mass is 10.0. The summed E-state index contributed by atoms with van der Waals surface area (Å²) in [6, 6.07) is 0. The van der Waals surface area contributed by atoms with E-state index in [2.05, 4.69) is 26.6 Å². The van der Waals surface area contributed by atoms with Gasteiger partial charge in [-0.3, -0.25) is 0 Å². The van der Waals surface area contributed by atoms with Gasteiger partial charge in [0, 0.05) is 52.0 Å². The second-order valence-corrected chi connectivity index (χ2v) is 16.4. The average molecular weight is 743 g/mol. The summed E-state index contributed by atoms with van der Waals surface area (Å²) in [7, 11) is 0. The van der Waals surface area contributed by atoms with Crippen LogP contribution in [0.1, 0.15) is 67.2 Å². The maximum Gasteiger partial charge on any atom is 0.410 e. The van der Waals surface area contributed by atoms with Crippen LogP contribution in [-0.4, -0.2) is 158 Å². The standard InChI is InChI=1S/C11H18N2O4.C10H20N2O3.2C6H10N2O2/c1-10(2,3)17-9(15)13-5-4-11(7-13)6-12-8(14)16-11;1-9(2,3)15-8(13)12-5-4-10(14,6-11)7-12;2*9-5-8-4-6(10-5)1-2-7-3-6/h4-7H2,1-3H3,(H,12,14);14H,4-7,11H2,1-3H3;2*7H,1-4H2,(H,8,9). The van der Waals surface area contributed by atoms with Crippen molar-refractivity contribution in [3.05, 3.63) is 0 Å². The Labute approximate surface area is 304 Å². The van der Waals surface area contributed by atoms with Gasteiger partial charge in [0.05, 0.1) is 38.3 Å². The number of carbonyl (C=O) groups is 5. The zero-order valence-electron chi connectivity index (χ0n) is 31.3. The smallest absolute Gasteiger partial charge is 0.410 e. The van der Waals surface area contributed by atoms with E-state index < -0.39 is 28.5 Å². The molecule has 4 unspecified atom stereocenters. The van der Waals surface area contributed by atoms with E-state index in [9.17, 15) is 29.1 Å². The first-order chi connectivity index (χ1) is 24.2. The Morgan fingerprint density at radius 3 is 1.40 bits per heavy atom. The van der Waals surface area contributed by atoms with E-state index in [1.54, 1.807) is 4.90 Å². The summed E-state index contributed by atoms with van der Waals surface area (Å²) in [4.78, 5) is 58.9. The van der Waals surface area contributed by atoms with Crippen molar-refractivity contribution in [2.75, 3.05) is 78.5 Å². The van der Waals surface area contributed by atoms with E-state index in [0.717, 1.165) is 39.0 Å². The Kier molecular flexibility index (Phi) is 12.6. The molecule has 0 aromatic rings. The van der Waals surface area contributed by atoms with Crippen LogP contribution in [-0.2, 0) is 23.7 Å². The molecule has 0 radical (unpaired) electrons. The van der Waals surface area contributed by atoms with Crippen molar-refractivity contribution in [2.24, 2.45) is 5.73 Å². The molecule has 7 aliphatic heterocycles. The molecule has 0 aromatic carbocycles. The van der Waals surface area contributed by atoms with E-state index in [1.807, 2.05) is 41.5 Å². The van der Waals surface area contributed by atoms with Gasteiger partial charge in [-0.15, -0.1) is 0 Å². The Balaban J connectivity index is 0.000000159. The predicted molar refractivity (Wildman–Crippen MR) is 185 cm³/mol. The minimum Gasteiger partial charge on any atom is -0.444 e. The molecule has 0 bridgehead atoms. The number of amides is 5. The van der Waals surface area contributed by atoms with E-state index in [-0.39, 0.29) is 48.7 Å². The number of carbonyl (C=O) groups excluding carboxylic acids is 5. The first-order valence-corrected chi connectivity index (χ1v) is 17.9. The maximum absolute atomic E-state index is 11.8. The summed E-state index contributed by atoms with van der Waals surface area (Å²) in [5.74, 6) is 0. The molecule has 19 heteroatoms. The molecule has 8 N–H and O–H groups in total. The van der Waals surface area contributed by atoms with Crippen molar-refractivity contribution in [3.63, 3.8) is 0 Å². The lowest BCUT2D eigenvalue weighted by Crippen LogP contribution is -2.43. The van der Waals surface area contributed by atoms with Crippen LogP contribution < -0.4 is 32.3 Å². The summed E-state index contributed by atoms with van der Waals surface area (Å²) in [5, 5.41) is 24.1. The SMILES string of the molecule is CC(C)(C)OC(=O)N1CCC(O)(CN)C1.CC(C)(C)OC(=O)N1CCC2(CNC(=O)O2)C1.O=C1NCC2(CCNC2)O1.O=C1NCC2(CCNC2)O1. The molecule has 5 amide bonds. The quantitative estimate of drug-likeness (QED) is 0.179. The fourth-order valence-electron chi connectivity index (χ4n) is 6.48. The second kappa shape index (κ2) is 16.1. The zero-order chi connectivity index (χ0) is 38.4. The first kappa shape index (κ1) is 41.0. The fourth-order valence-corrected chi connectivity index (χ4v) is 6.48. The highest BCUT2D eigenvalue weighted by molar-refractivity contribution is 5.72. The molecule has 0 aliphatic carbocycles. The van der Waals surface area contributed by atoms with Gasteiger partial charge in [-0.1, -0.05) is 0 Å². The van der Waals surface area contributed by atoms with Crippen molar-refractivity contribution in [1.29, 1.82) is 0 Å². The van der Waals surface area contributed by atoms with Crippen molar-refractivity contribution in [1.82, 2.24) is 36.4 Å².